The van der Waals surface area contributed by atoms with Crippen LogP contribution in [0.25, 0.3) is 0 Å². The minimum absolute atomic E-state index is 0.593. The van der Waals surface area contributed by atoms with E-state index in [4.69, 9.17) is 0 Å². The van der Waals surface area contributed by atoms with Gasteiger partial charge in [-0.25, -0.2) is 0 Å². The van der Waals surface area contributed by atoms with Crippen LogP contribution < -0.4 is 5.32 Å². The topological polar surface area (TPSA) is 12.0 Å². The quantitative estimate of drug-likeness (QED) is 0.590. The van der Waals surface area contributed by atoms with E-state index >= 15 is 0 Å². The molecule has 0 amide bonds. The van der Waals surface area contributed by atoms with Crippen LogP contribution in [0.15, 0.2) is 0 Å². The molecular weight excluding hydrogens is 98.1 g/mol. The van der Waals surface area contributed by atoms with Gasteiger partial charge in [0.05, 0.1) is 0 Å². The molecule has 1 radical (unpaired) electrons. The first kappa shape index (κ1) is 7.96. The van der Waals surface area contributed by atoms with Crippen LogP contribution in [0, 0.1) is 13.0 Å². The Kier molecular flexibility index (Phi) is 3.88. The van der Waals surface area contributed by atoms with Crippen LogP contribution in [0.2, 0.25) is 0 Å². The van der Waals surface area contributed by atoms with Crippen LogP contribution in [0.1, 0.15) is 27.2 Å². The second kappa shape index (κ2) is 3.90. The lowest BCUT2D eigenvalue weighted by atomic mass is 10.0. The first-order valence-electron chi connectivity index (χ1n) is 3.25. The van der Waals surface area contributed by atoms with Gasteiger partial charge in [0, 0.05) is 13.1 Å². The van der Waals surface area contributed by atoms with Crippen molar-refractivity contribution in [2.75, 3.05) is 0 Å². The van der Waals surface area contributed by atoms with Crippen molar-refractivity contribution in [3.63, 3.8) is 0 Å². The Hall–Kier alpha value is -0.0400. The Morgan fingerprint density at radius 3 is 2.00 bits per heavy atom. The normalized spacial score (nSPS) is 14.6. The van der Waals surface area contributed by atoms with Crippen molar-refractivity contribution >= 4 is 0 Å². The molecule has 0 bridgehead atoms. The maximum absolute atomic E-state index is 3.63. The van der Waals surface area contributed by atoms with Gasteiger partial charge in [-0.15, -0.1) is 0 Å². The summed E-state index contributed by atoms with van der Waals surface area (Å²) in [4.78, 5) is 0. The van der Waals surface area contributed by atoms with Crippen LogP contribution in [0.5, 0.6) is 0 Å². The molecule has 0 heterocycles. The highest BCUT2D eigenvalue weighted by molar-refractivity contribution is 4.66. The van der Waals surface area contributed by atoms with Crippen LogP contribution in [-0.4, -0.2) is 6.04 Å². The van der Waals surface area contributed by atoms with E-state index in [9.17, 15) is 0 Å². The molecule has 1 nitrogen and oxygen atoms in total. The lowest BCUT2D eigenvalue weighted by Gasteiger charge is -2.16. The minimum atomic E-state index is 0.593. The monoisotopic (exact) mass is 114 g/mol. The van der Waals surface area contributed by atoms with E-state index in [0.29, 0.717) is 12.0 Å². The highest BCUT2D eigenvalue weighted by atomic mass is 14.9. The Bertz CT molecular complexity index is 46.3. The van der Waals surface area contributed by atoms with Gasteiger partial charge in [0.25, 0.3) is 0 Å². The van der Waals surface area contributed by atoms with E-state index in [1.165, 1.54) is 6.42 Å². The molecule has 0 aromatic rings. The molecule has 8 heavy (non-hydrogen) atoms. The highest BCUT2D eigenvalue weighted by Gasteiger charge is 2.05. The fourth-order valence-electron chi connectivity index (χ4n) is 0.851. The molecule has 1 unspecified atom stereocenters. The van der Waals surface area contributed by atoms with Gasteiger partial charge in [-0.05, 0) is 12.3 Å². The lowest BCUT2D eigenvalue weighted by molar-refractivity contribution is 0.428. The number of rotatable bonds is 3. The fourth-order valence-corrected chi connectivity index (χ4v) is 0.851. The number of nitrogens with one attached hydrogen (secondary N) is 1. The summed E-state index contributed by atoms with van der Waals surface area (Å²) in [6.07, 6.45) is 1.17. The van der Waals surface area contributed by atoms with E-state index in [2.05, 4.69) is 33.1 Å². The van der Waals surface area contributed by atoms with Gasteiger partial charge in [-0.1, -0.05) is 20.8 Å². The first-order valence-corrected chi connectivity index (χ1v) is 3.25. The van der Waals surface area contributed by atoms with E-state index in [1.807, 2.05) is 0 Å². The summed E-state index contributed by atoms with van der Waals surface area (Å²) in [7, 11) is 3.63. The Labute approximate surface area is 52.5 Å². The molecule has 1 atom stereocenters. The summed E-state index contributed by atoms with van der Waals surface area (Å²) >= 11 is 0. The first-order chi connectivity index (χ1) is 3.72. The van der Waals surface area contributed by atoms with Gasteiger partial charge >= 0.3 is 0 Å². The second-order valence-corrected chi connectivity index (χ2v) is 2.46. The fraction of sp³-hybridized carbons (Fsp3) is 0.857. The molecule has 0 aromatic carbocycles. The molecule has 1 N–H and O–H groups in total. The third-order valence-corrected chi connectivity index (χ3v) is 1.51. The zero-order valence-electron chi connectivity index (χ0n) is 6.07. The van der Waals surface area contributed by atoms with Crippen molar-refractivity contribution in [2.45, 2.75) is 33.2 Å². The molecule has 0 rings (SSSR count). The van der Waals surface area contributed by atoms with Crippen molar-refractivity contribution in [1.29, 1.82) is 0 Å². The predicted octanol–water partition coefficient (Wildman–Crippen LogP) is 1.80. The van der Waals surface area contributed by atoms with E-state index in [1.54, 1.807) is 0 Å². The molecule has 0 aromatic heterocycles. The lowest BCUT2D eigenvalue weighted by Crippen LogP contribution is -2.27. The molecule has 0 aliphatic heterocycles. The van der Waals surface area contributed by atoms with Crippen LogP contribution in [0.3, 0.4) is 0 Å². The van der Waals surface area contributed by atoms with Gasteiger partial charge in [0.15, 0.2) is 0 Å². The summed E-state index contributed by atoms with van der Waals surface area (Å²) in [5.74, 6) is 0.706. The smallest absolute Gasteiger partial charge is 0.00879 e. The summed E-state index contributed by atoms with van der Waals surface area (Å²) < 4.78 is 0. The van der Waals surface area contributed by atoms with E-state index in [0.717, 1.165) is 0 Å². The van der Waals surface area contributed by atoms with Crippen molar-refractivity contribution in [3.8, 4) is 0 Å². The average Bonchev–Trinajstić information content (AvgIpc) is 1.69. The van der Waals surface area contributed by atoms with Crippen LogP contribution in [-0.2, 0) is 0 Å². The molecule has 0 aliphatic carbocycles. The number of hydrogen-bond donors (Lipinski definition) is 1. The van der Waals surface area contributed by atoms with Gasteiger partial charge in [-0.2, -0.15) is 0 Å². The van der Waals surface area contributed by atoms with Gasteiger partial charge in [-0.3, -0.25) is 0 Å². The van der Waals surface area contributed by atoms with Crippen molar-refractivity contribution in [3.05, 3.63) is 7.05 Å². The zero-order valence-corrected chi connectivity index (χ0v) is 6.07. The summed E-state index contributed by atoms with van der Waals surface area (Å²) in [5, 5.41) is 3.00. The van der Waals surface area contributed by atoms with Crippen LogP contribution in [0.4, 0.5) is 0 Å². The molecule has 0 saturated carbocycles. The average molecular weight is 114 g/mol. The summed E-state index contributed by atoms with van der Waals surface area (Å²) in [6.45, 7) is 6.57. The van der Waals surface area contributed by atoms with Gasteiger partial charge < -0.3 is 5.32 Å². The molecule has 0 saturated heterocycles. The molecular formula is C7H16N. The molecule has 0 spiro atoms. The molecule has 0 aliphatic rings. The Balaban J connectivity index is 3.35. The van der Waals surface area contributed by atoms with Crippen LogP contribution >= 0.6 is 0 Å². The van der Waals surface area contributed by atoms with Gasteiger partial charge in [0.2, 0.25) is 0 Å². The Morgan fingerprint density at radius 1 is 1.50 bits per heavy atom. The third-order valence-electron chi connectivity index (χ3n) is 1.51. The van der Waals surface area contributed by atoms with Crippen molar-refractivity contribution in [2.24, 2.45) is 5.92 Å². The largest absolute Gasteiger partial charge is 0.312 e. The summed E-state index contributed by atoms with van der Waals surface area (Å²) in [6, 6.07) is 0.593. The zero-order chi connectivity index (χ0) is 6.57. The summed E-state index contributed by atoms with van der Waals surface area (Å²) in [5.41, 5.74) is 0. The highest BCUT2D eigenvalue weighted by Crippen LogP contribution is 2.03. The molecule has 1 heteroatoms. The van der Waals surface area contributed by atoms with E-state index in [-0.39, 0.29) is 0 Å². The third kappa shape index (κ3) is 2.31. The maximum atomic E-state index is 3.63. The maximum Gasteiger partial charge on any atom is 0.00879 e. The van der Waals surface area contributed by atoms with Crippen molar-refractivity contribution in [1.82, 2.24) is 5.32 Å². The standard InChI is InChI=1S/C7H16N/c1-5-7(8-4)6(2)3/h6-8H,4-5H2,1-3H3. The number of hydrogen-bond acceptors (Lipinski definition) is 1. The Morgan fingerprint density at radius 2 is 2.00 bits per heavy atom. The van der Waals surface area contributed by atoms with Crippen molar-refractivity contribution < 1.29 is 0 Å². The van der Waals surface area contributed by atoms with E-state index < -0.39 is 0 Å². The minimum Gasteiger partial charge on any atom is -0.312 e. The van der Waals surface area contributed by atoms with Gasteiger partial charge in [0.1, 0.15) is 0 Å². The molecule has 0 fully saturated rings. The second-order valence-electron chi connectivity index (χ2n) is 2.46. The predicted molar refractivity (Wildman–Crippen MR) is 37.4 cm³/mol. The molecule has 49 valence electrons. The SMILES string of the molecule is [CH2]NC(CC)C(C)C.